The van der Waals surface area contributed by atoms with Crippen molar-refractivity contribution < 1.29 is 24.9 Å². The zero-order valence-corrected chi connectivity index (χ0v) is 23.9. The molecule has 3 aromatic rings. The number of nitrogens with one attached hydrogen (secondary N) is 2. The van der Waals surface area contributed by atoms with E-state index < -0.39 is 43.4 Å². The van der Waals surface area contributed by atoms with Gasteiger partial charge in [0.25, 0.3) is 5.91 Å². The average Bonchev–Trinajstić information content (AvgIpc) is 3.81. The number of imidazole rings is 1. The number of H-pyrrole nitrogens is 2. The number of aromatic nitrogens is 5. The lowest BCUT2D eigenvalue weighted by Gasteiger charge is -2.25. The summed E-state index contributed by atoms with van der Waals surface area (Å²) in [6.45, 7) is 5.86. The van der Waals surface area contributed by atoms with E-state index in [9.17, 15) is 15.0 Å². The Morgan fingerprint density at radius 2 is 1.77 bits per heavy atom. The Hall–Kier alpha value is -1.96. The lowest BCUT2D eigenvalue weighted by atomic mass is 10.1. The van der Waals surface area contributed by atoms with E-state index in [1.807, 2.05) is 0 Å². The number of anilines is 1. The van der Waals surface area contributed by atoms with Crippen LogP contribution >= 0.6 is 30.0 Å². The number of hydrogen-bond acceptors (Lipinski definition) is 12. The standard InChI is InChI=1S/C9H12N2O5S.C6H12N3PS.C5H5N5S/c10-8(15)3-2-17-9(11-3)7-6(14)5(13)4(1-12)16-7;11-10(7-1-2-7,8-3-4-8)9-5-6-9;6-5-9-3-2(4(11)10-5)7-1-8-3/h2,4-7,12-14H,1H2,(H2,10,15);1-6H2;1H,(H4,6,7,8,9,10,11)/t4-,5-,6-,7-;;/m1../s1. The quantitative estimate of drug-likeness (QED) is 0.102. The van der Waals surface area contributed by atoms with Crippen LogP contribution in [-0.2, 0) is 16.5 Å². The third-order valence-corrected chi connectivity index (χ3v) is 12.9. The van der Waals surface area contributed by atoms with Gasteiger partial charge < -0.3 is 41.5 Å². The minimum absolute atomic E-state index is 0.0859. The molecule has 4 aliphatic rings. The first-order valence-corrected chi connectivity index (χ1v) is 16.0. The van der Waals surface area contributed by atoms with Crippen LogP contribution in [0.1, 0.15) is 21.6 Å². The molecule has 0 unspecified atom stereocenters. The topological polar surface area (TPSA) is 218 Å². The number of hydrogen-bond donors (Lipinski definition) is 7. The second kappa shape index (κ2) is 11.5. The zero-order chi connectivity index (χ0) is 27.9. The zero-order valence-electron chi connectivity index (χ0n) is 20.6. The van der Waals surface area contributed by atoms with Crippen LogP contribution in [0.25, 0.3) is 11.2 Å². The highest BCUT2D eigenvalue weighted by molar-refractivity contribution is 8.11. The van der Waals surface area contributed by atoms with Gasteiger partial charge in [0, 0.05) is 44.6 Å². The van der Waals surface area contributed by atoms with E-state index in [2.05, 4.69) is 38.9 Å². The third-order valence-electron chi connectivity index (χ3n) is 6.26. The van der Waals surface area contributed by atoms with Crippen LogP contribution < -0.4 is 11.5 Å². The highest BCUT2D eigenvalue weighted by Gasteiger charge is 2.50. The molecule has 4 aliphatic heterocycles. The Kier molecular flexibility index (Phi) is 8.42. The van der Waals surface area contributed by atoms with Crippen molar-refractivity contribution in [3.63, 3.8) is 0 Å². The van der Waals surface area contributed by atoms with Gasteiger partial charge in [-0.1, -0.05) is 12.2 Å². The maximum Gasteiger partial charge on any atom is 0.268 e. The van der Waals surface area contributed by atoms with E-state index in [-0.39, 0.29) is 11.6 Å². The average molecular weight is 617 g/mol. The molecule has 4 atom stereocenters. The molecule has 9 N–H and O–H groups in total. The number of nitrogen functional groups attached to an aromatic ring is 1. The predicted octanol–water partition coefficient (Wildman–Crippen LogP) is -0.849. The molecule has 0 bridgehead atoms. The lowest BCUT2D eigenvalue weighted by molar-refractivity contribution is -0.0228. The summed E-state index contributed by atoms with van der Waals surface area (Å²) in [5.74, 6) is -0.381. The molecule has 4 saturated heterocycles. The van der Waals surface area contributed by atoms with Gasteiger partial charge in [-0.2, -0.15) is 0 Å². The smallest absolute Gasteiger partial charge is 0.268 e. The maximum atomic E-state index is 10.9. The molecular formula is C20H29N10O5PS3. The molecular weight excluding hydrogens is 587 g/mol. The Bertz CT molecular complexity index is 1400. The van der Waals surface area contributed by atoms with E-state index in [1.54, 1.807) is 0 Å². The Labute approximate surface area is 237 Å². The number of rotatable bonds is 6. The highest BCUT2D eigenvalue weighted by Crippen LogP contribution is 2.65. The summed E-state index contributed by atoms with van der Waals surface area (Å²) < 4.78 is 13.2. The van der Waals surface area contributed by atoms with Crippen molar-refractivity contribution in [2.24, 2.45) is 5.73 Å². The molecule has 7 heterocycles. The fourth-order valence-corrected chi connectivity index (χ4v) is 9.46. The van der Waals surface area contributed by atoms with Crippen LogP contribution in [0, 0.1) is 4.64 Å². The molecule has 0 saturated carbocycles. The van der Waals surface area contributed by atoms with Crippen molar-refractivity contribution in [1.82, 2.24) is 38.9 Å². The molecule has 0 radical (unpaired) electrons. The summed E-state index contributed by atoms with van der Waals surface area (Å²) in [7, 11) is 0. The Morgan fingerprint density at radius 3 is 2.26 bits per heavy atom. The number of carbonyl (C=O) groups is 1. The second-order valence-corrected chi connectivity index (χ2v) is 14.6. The van der Waals surface area contributed by atoms with E-state index in [4.69, 9.17) is 45.3 Å². The van der Waals surface area contributed by atoms with Crippen molar-refractivity contribution in [1.29, 1.82) is 0 Å². The van der Waals surface area contributed by atoms with E-state index >= 15 is 0 Å². The summed E-state index contributed by atoms with van der Waals surface area (Å²) >= 11 is 11.8. The second-order valence-electron chi connectivity index (χ2n) is 9.12. The molecule has 0 aromatic carbocycles. The number of aromatic amines is 2. The molecule has 1 amide bonds. The van der Waals surface area contributed by atoms with Crippen molar-refractivity contribution in [2.75, 3.05) is 51.6 Å². The summed E-state index contributed by atoms with van der Waals surface area (Å²) in [6, 6.07) is 0. The number of fused-ring (bicyclic) bond motifs is 1. The van der Waals surface area contributed by atoms with Gasteiger partial charge in [0.1, 0.15) is 47.1 Å². The number of ether oxygens (including phenoxy) is 1. The predicted molar refractivity (Wildman–Crippen MR) is 150 cm³/mol. The molecule has 0 spiro atoms. The number of thiazole rings is 1. The van der Waals surface area contributed by atoms with Crippen LogP contribution in [0.15, 0.2) is 11.7 Å². The number of carbonyl (C=O) groups excluding carboxylic acids is 1. The first kappa shape index (κ1) is 28.6. The van der Waals surface area contributed by atoms with Crippen molar-refractivity contribution in [3.8, 4) is 0 Å². The van der Waals surface area contributed by atoms with Crippen molar-refractivity contribution in [2.45, 2.75) is 24.4 Å². The minimum Gasteiger partial charge on any atom is -0.394 e. The van der Waals surface area contributed by atoms with Gasteiger partial charge in [-0.15, -0.1) is 11.3 Å². The summed E-state index contributed by atoms with van der Waals surface area (Å²) in [6.07, 6.45) is -2.51. The summed E-state index contributed by atoms with van der Waals surface area (Å²) in [5.41, 5.74) is 11.9. The maximum absolute atomic E-state index is 10.9. The van der Waals surface area contributed by atoms with Gasteiger partial charge in [0.05, 0.1) is 12.9 Å². The number of amides is 1. The van der Waals surface area contributed by atoms with Crippen molar-refractivity contribution in [3.05, 3.63) is 27.0 Å². The molecule has 4 fully saturated rings. The lowest BCUT2D eigenvalue weighted by Crippen LogP contribution is -2.32. The Balaban J connectivity index is 0.000000123. The molecule has 39 heavy (non-hydrogen) atoms. The molecule has 212 valence electrons. The van der Waals surface area contributed by atoms with Gasteiger partial charge in [-0.25, -0.2) is 29.0 Å². The van der Waals surface area contributed by atoms with Gasteiger partial charge in [0.2, 0.25) is 5.95 Å². The van der Waals surface area contributed by atoms with Crippen LogP contribution in [-0.4, -0.2) is 124 Å². The molecule has 7 rings (SSSR count). The Morgan fingerprint density at radius 1 is 1.15 bits per heavy atom. The highest BCUT2D eigenvalue weighted by atomic mass is 32.4. The number of aliphatic hydroxyl groups excluding tert-OH is 3. The molecule has 0 aliphatic carbocycles. The van der Waals surface area contributed by atoms with Crippen LogP contribution in [0.4, 0.5) is 5.95 Å². The van der Waals surface area contributed by atoms with Crippen molar-refractivity contribution >= 4 is 64.9 Å². The van der Waals surface area contributed by atoms with Gasteiger partial charge >= 0.3 is 0 Å². The minimum atomic E-state index is -1.27. The third kappa shape index (κ3) is 6.20. The van der Waals surface area contributed by atoms with Gasteiger partial charge in [0.15, 0.2) is 10.3 Å². The largest absolute Gasteiger partial charge is 0.394 e. The first-order chi connectivity index (χ1) is 18.6. The number of nitrogens with two attached hydrogens (primary N) is 2. The molecule has 19 heteroatoms. The van der Waals surface area contributed by atoms with E-state index in [1.165, 1.54) is 51.0 Å². The fourth-order valence-electron chi connectivity index (χ4n) is 3.95. The normalized spacial score (nSPS) is 26.4. The van der Waals surface area contributed by atoms with E-state index in [0.29, 0.717) is 20.8 Å². The summed E-state index contributed by atoms with van der Waals surface area (Å²) in [5, 5.41) is 30.0. The van der Waals surface area contributed by atoms with Crippen LogP contribution in [0.2, 0.25) is 0 Å². The van der Waals surface area contributed by atoms with E-state index in [0.717, 1.165) is 11.3 Å². The first-order valence-electron chi connectivity index (χ1n) is 12.1. The monoisotopic (exact) mass is 616 g/mol. The summed E-state index contributed by atoms with van der Waals surface area (Å²) in [4.78, 5) is 28.2. The number of nitrogens with zero attached hydrogens (tertiary/aromatic N) is 6. The van der Waals surface area contributed by atoms with Crippen LogP contribution in [0.3, 0.4) is 0 Å². The van der Waals surface area contributed by atoms with Gasteiger partial charge in [-0.05, 0) is 11.8 Å². The number of primary amides is 1. The number of aliphatic hydroxyl groups is 3. The molecule has 3 aromatic heterocycles. The van der Waals surface area contributed by atoms with Gasteiger partial charge in [-0.3, -0.25) is 4.79 Å². The van der Waals surface area contributed by atoms with Crippen LogP contribution in [0.5, 0.6) is 0 Å². The fraction of sp³-hybridized carbons (Fsp3) is 0.550. The molecule has 15 nitrogen and oxygen atoms in total. The SMILES string of the molecule is NC(=O)c1csc([C@@H]2O[C@H](CO)[C@@H](O)[C@H]2O)n1.Nc1nc(=S)c2[nH]cnc2[nH]1.S=P(N1CC1)(N1CC1)N1CC1.